The molecule has 114 valence electrons. The van der Waals surface area contributed by atoms with E-state index in [2.05, 4.69) is 10.4 Å². The molecule has 1 heterocycles. The first-order chi connectivity index (χ1) is 9.91. The average molecular weight is 299 g/mol. The number of alkyl halides is 3. The van der Waals surface area contributed by atoms with Crippen molar-refractivity contribution >= 4 is 0 Å². The summed E-state index contributed by atoms with van der Waals surface area (Å²) in [5, 5.41) is 6.94. The summed E-state index contributed by atoms with van der Waals surface area (Å²) >= 11 is 0. The molecular weight excluding hydrogens is 283 g/mol. The van der Waals surface area contributed by atoms with E-state index >= 15 is 0 Å². The Hall–Kier alpha value is -2.02. The SMILES string of the molecule is CNC(C)COc1cnn(-c2ccccc2C(F)(F)F)c1. The number of halogens is 3. The summed E-state index contributed by atoms with van der Waals surface area (Å²) in [7, 11) is 1.80. The minimum atomic E-state index is -4.43. The van der Waals surface area contributed by atoms with Gasteiger partial charge in [-0.1, -0.05) is 12.1 Å². The summed E-state index contributed by atoms with van der Waals surface area (Å²) in [6.07, 6.45) is -1.59. The van der Waals surface area contributed by atoms with Gasteiger partial charge < -0.3 is 10.1 Å². The Labute approximate surface area is 120 Å². The third kappa shape index (κ3) is 3.75. The second kappa shape index (κ2) is 6.17. The number of likely N-dealkylation sites (N-methyl/N-ethyl adjacent to an activating group) is 1. The predicted octanol–water partition coefficient (Wildman–Crippen LogP) is 2.88. The fourth-order valence-electron chi connectivity index (χ4n) is 1.73. The van der Waals surface area contributed by atoms with Crippen molar-refractivity contribution in [1.29, 1.82) is 0 Å². The molecule has 0 fully saturated rings. The van der Waals surface area contributed by atoms with Gasteiger partial charge in [-0.2, -0.15) is 18.3 Å². The number of rotatable bonds is 5. The van der Waals surface area contributed by atoms with Crippen molar-refractivity contribution in [2.24, 2.45) is 0 Å². The minimum absolute atomic E-state index is 0.0264. The number of nitrogens with one attached hydrogen (secondary N) is 1. The number of ether oxygens (including phenoxy) is 1. The van der Waals surface area contributed by atoms with Crippen LogP contribution in [0, 0.1) is 0 Å². The summed E-state index contributed by atoms with van der Waals surface area (Å²) in [6, 6.07) is 5.42. The maximum Gasteiger partial charge on any atom is 0.418 e. The molecule has 1 atom stereocenters. The van der Waals surface area contributed by atoms with Crippen molar-refractivity contribution in [2.45, 2.75) is 19.1 Å². The van der Waals surface area contributed by atoms with Crippen LogP contribution < -0.4 is 10.1 Å². The number of aromatic nitrogens is 2. The molecule has 0 aliphatic rings. The van der Waals surface area contributed by atoms with Gasteiger partial charge in [-0.15, -0.1) is 0 Å². The highest BCUT2D eigenvalue weighted by molar-refractivity contribution is 5.42. The number of para-hydroxylation sites is 1. The maximum atomic E-state index is 13.0. The summed E-state index contributed by atoms with van der Waals surface area (Å²) in [5.74, 6) is 0.425. The van der Waals surface area contributed by atoms with Crippen LogP contribution in [-0.4, -0.2) is 29.5 Å². The van der Waals surface area contributed by atoms with Crippen LogP contribution in [-0.2, 0) is 6.18 Å². The van der Waals surface area contributed by atoms with Crippen LogP contribution in [0.4, 0.5) is 13.2 Å². The lowest BCUT2D eigenvalue weighted by molar-refractivity contribution is -0.137. The topological polar surface area (TPSA) is 39.1 Å². The first-order valence-corrected chi connectivity index (χ1v) is 6.43. The highest BCUT2D eigenvalue weighted by Crippen LogP contribution is 2.33. The lowest BCUT2D eigenvalue weighted by atomic mass is 10.2. The zero-order valence-corrected chi connectivity index (χ0v) is 11.7. The maximum absolute atomic E-state index is 13.0. The fraction of sp³-hybridized carbons (Fsp3) is 0.357. The quantitative estimate of drug-likeness (QED) is 0.922. The molecule has 4 nitrogen and oxygen atoms in total. The van der Waals surface area contributed by atoms with Gasteiger partial charge in [0.2, 0.25) is 0 Å². The van der Waals surface area contributed by atoms with Crippen molar-refractivity contribution in [2.75, 3.05) is 13.7 Å². The molecule has 0 bridgehead atoms. The summed E-state index contributed by atoms with van der Waals surface area (Å²) in [4.78, 5) is 0. The Kier molecular flexibility index (Phi) is 4.52. The molecule has 21 heavy (non-hydrogen) atoms. The van der Waals surface area contributed by atoms with Crippen LogP contribution in [0.15, 0.2) is 36.7 Å². The van der Waals surface area contributed by atoms with Gasteiger partial charge >= 0.3 is 6.18 Å². The smallest absolute Gasteiger partial charge is 0.418 e. The van der Waals surface area contributed by atoms with Crippen LogP contribution >= 0.6 is 0 Å². The second-order valence-corrected chi connectivity index (χ2v) is 4.64. The molecule has 0 radical (unpaired) electrons. The lowest BCUT2D eigenvalue weighted by Gasteiger charge is -2.12. The first-order valence-electron chi connectivity index (χ1n) is 6.43. The van der Waals surface area contributed by atoms with Gasteiger partial charge in [0.05, 0.1) is 23.6 Å². The van der Waals surface area contributed by atoms with Crippen molar-refractivity contribution in [3.05, 3.63) is 42.2 Å². The van der Waals surface area contributed by atoms with Crippen LogP contribution in [0.1, 0.15) is 12.5 Å². The Morgan fingerprint density at radius 3 is 2.71 bits per heavy atom. The summed E-state index contributed by atoms with van der Waals surface area (Å²) < 4.78 is 45.5. The van der Waals surface area contributed by atoms with Crippen LogP contribution in [0.3, 0.4) is 0 Å². The second-order valence-electron chi connectivity index (χ2n) is 4.64. The Morgan fingerprint density at radius 1 is 1.33 bits per heavy atom. The van der Waals surface area contributed by atoms with E-state index in [0.717, 1.165) is 6.07 Å². The van der Waals surface area contributed by atoms with E-state index in [4.69, 9.17) is 4.74 Å². The molecule has 0 spiro atoms. The van der Waals surface area contributed by atoms with Gasteiger partial charge in [0, 0.05) is 6.04 Å². The highest BCUT2D eigenvalue weighted by atomic mass is 19.4. The normalized spacial score (nSPS) is 13.2. The Morgan fingerprint density at radius 2 is 2.05 bits per heavy atom. The zero-order valence-electron chi connectivity index (χ0n) is 11.7. The molecular formula is C14H16F3N3O. The molecule has 7 heteroatoms. The van der Waals surface area contributed by atoms with E-state index in [9.17, 15) is 13.2 Å². The number of benzene rings is 1. The molecule has 1 aromatic heterocycles. The number of hydrogen-bond donors (Lipinski definition) is 1. The van der Waals surface area contributed by atoms with Crippen molar-refractivity contribution in [1.82, 2.24) is 15.1 Å². The van der Waals surface area contributed by atoms with E-state index in [0.29, 0.717) is 12.4 Å². The lowest BCUT2D eigenvalue weighted by Crippen LogP contribution is -2.28. The van der Waals surface area contributed by atoms with E-state index in [1.165, 1.54) is 35.3 Å². The van der Waals surface area contributed by atoms with Crippen molar-refractivity contribution < 1.29 is 17.9 Å². The van der Waals surface area contributed by atoms with Crippen LogP contribution in [0.5, 0.6) is 5.75 Å². The summed E-state index contributed by atoms with van der Waals surface area (Å²) in [6.45, 7) is 2.34. The Balaban J connectivity index is 2.22. The highest BCUT2D eigenvalue weighted by Gasteiger charge is 2.33. The van der Waals surface area contributed by atoms with Crippen LogP contribution in [0.2, 0.25) is 0 Å². The largest absolute Gasteiger partial charge is 0.489 e. The zero-order chi connectivity index (χ0) is 15.5. The third-order valence-electron chi connectivity index (χ3n) is 3.01. The molecule has 0 saturated heterocycles. The third-order valence-corrected chi connectivity index (χ3v) is 3.01. The van der Waals surface area contributed by atoms with Crippen LogP contribution in [0.25, 0.3) is 5.69 Å². The van der Waals surface area contributed by atoms with E-state index < -0.39 is 11.7 Å². The molecule has 1 N–H and O–H groups in total. The van der Waals surface area contributed by atoms with Gasteiger partial charge in [0.15, 0.2) is 5.75 Å². The molecule has 0 aliphatic carbocycles. The minimum Gasteiger partial charge on any atom is -0.489 e. The van der Waals surface area contributed by atoms with Gasteiger partial charge in [-0.3, -0.25) is 0 Å². The first kappa shape index (κ1) is 15.4. The molecule has 1 aromatic carbocycles. The van der Waals surface area contributed by atoms with E-state index in [-0.39, 0.29) is 11.7 Å². The monoisotopic (exact) mass is 299 g/mol. The van der Waals surface area contributed by atoms with Crippen molar-refractivity contribution in [3.8, 4) is 11.4 Å². The van der Waals surface area contributed by atoms with Gasteiger partial charge in [0.1, 0.15) is 6.61 Å². The van der Waals surface area contributed by atoms with Crippen molar-refractivity contribution in [3.63, 3.8) is 0 Å². The number of hydrogen-bond acceptors (Lipinski definition) is 3. The molecule has 1 unspecified atom stereocenters. The Bertz CT molecular complexity index is 595. The van der Waals surface area contributed by atoms with E-state index in [1.54, 1.807) is 7.05 Å². The van der Waals surface area contributed by atoms with Gasteiger partial charge in [0.25, 0.3) is 0 Å². The molecule has 2 rings (SSSR count). The molecule has 0 aliphatic heterocycles. The van der Waals surface area contributed by atoms with E-state index in [1.807, 2.05) is 6.92 Å². The molecule has 2 aromatic rings. The molecule has 0 saturated carbocycles. The fourth-order valence-corrected chi connectivity index (χ4v) is 1.73. The van der Waals surface area contributed by atoms with Gasteiger partial charge in [-0.05, 0) is 26.1 Å². The van der Waals surface area contributed by atoms with Gasteiger partial charge in [-0.25, -0.2) is 4.68 Å². The average Bonchev–Trinajstić information content (AvgIpc) is 2.92. The number of nitrogens with zero attached hydrogens (tertiary/aromatic N) is 2. The predicted molar refractivity (Wildman–Crippen MR) is 72.6 cm³/mol. The molecule has 0 amide bonds. The standard InChI is InChI=1S/C14H16F3N3O/c1-10(18-2)9-21-11-7-19-20(8-11)13-6-4-3-5-12(13)14(15,16)17/h3-8,10,18H,9H2,1-2H3. The summed E-state index contributed by atoms with van der Waals surface area (Å²) in [5.41, 5.74) is -0.759.